The minimum absolute atomic E-state index is 0. The lowest BCUT2D eigenvalue weighted by Gasteiger charge is -2.07. The Labute approximate surface area is 126 Å². The van der Waals surface area contributed by atoms with Crippen molar-refractivity contribution in [1.82, 2.24) is 5.32 Å². The highest BCUT2D eigenvalue weighted by Crippen LogP contribution is 2.12. The fraction of sp³-hybridized carbons (Fsp3) is 0.462. The predicted octanol–water partition coefficient (Wildman–Crippen LogP) is 1.17. The molecule has 0 saturated carbocycles. The minimum atomic E-state index is -3.02. The highest BCUT2D eigenvalue weighted by molar-refractivity contribution is 7.91. The molecule has 0 heterocycles. The first kappa shape index (κ1) is 18.7. The van der Waals surface area contributed by atoms with Gasteiger partial charge in [0.25, 0.3) is 0 Å². The number of hydrogen-bond donors (Lipinski definition) is 2. The summed E-state index contributed by atoms with van der Waals surface area (Å²) in [5.41, 5.74) is 7.37. The van der Waals surface area contributed by atoms with Crippen molar-refractivity contribution < 1.29 is 13.2 Å². The maximum Gasteiger partial charge on any atom is 0.220 e. The van der Waals surface area contributed by atoms with Crippen LogP contribution in [-0.2, 0) is 21.1 Å². The molecule has 20 heavy (non-hydrogen) atoms. The van der Waals surface area contributed by atoms with Gasteiger partial charge in [0.15, 0.2) is 9.84 Å². The molecule has 0 atom stereocenters. The standard InChI is InChI=1S/C13H20N2O3S.ClH/c1-2-19(17,18)10-9-15-13(16)8-7-11-5-3-4-6-12(11)14;/h3-6H,2,7-10,14H2,1H3,(H,15,16);1H. The van der Waals surface area contributed by atoms with Gasteiger partial charge < -0.3 is 11.1 Å². The molecular formula is C13H21ClN2O3S. The summed E-state index contributed by atoms with van der Waals surface area (Å²) in [6.07, 6.45) is 0.861. The number of hydrogen-bond acceptors (Lipinski definition) is 4. The lowest BCUT2D eigenvalue weighted by Crippen LogP contribution is -2.29. The topological polar surface area (TPSA) is 89.3 Å². The normalized spacial score (nSPS) is 10.7. The van der Waals surface area contributed by atoms with Gasteiger partial charge in [0.1, 0.15) is 0 Å². The molecule has 3 N–H and O–H groups in total. The van der Waals surface area contributed by atoms with E-state index in [1.807, 2.05) is 18.2 Å². The van der Waals surface area contributed by atoms with Crippen LogP contribution in [0.2, 0.25) is 0 Å². The molecule has 0 aromatic heterocycles. The van der Waals surface area contributed by atoms with E-state index in [-0.39, 0.29) is 36.4 Å². The molecule has 1 aromatic rings. The average Bonchev–Trinajstić information content (AvgIpc) is 2.37. The minimum Gasteiger partial charge on any atom is -0.399 e. The summed E-state index contributed by atoms with van der Waals surface area (Å²) in [4.78, 5) is 11.6. The highest BCUT2D eigenvalue weighted by Gasteiger charge is 2.08. The first-order chi connectivity index (χ1) is 8.94. The van der Waals surface area contributed by atoms with Crippen LogP contribution < -0.4 is 11.1 Å². The number of aryl methyl sites for hydroxylation is 1. The van der Waals surface area contributed by atoms with E-state index in [1.54, 1.807) is 13.0 Å². The van der Waals surface area contributed by atoms with Gasteiger partial charge in [-0.05, 0) is 18.1 Å². The average molecular weight is 321 g/mol. The second-order valence-corrected chi connectivity index (χ2v) is 6.76. The first-order valence-corrected chi connectivity index (χ1v) is 8.07. The van der Waals surface area contributed by atoms with E-state index in [9.17, 15) is 13.2 Å². The van der Waals surface area contributed by atoms with Crippen LogP contribution >= 0.6 is 12.4 Å². The Morgan fingerprint density at radius 3 is 2.55 bits per heavy atom. The van der Waals surface area contributed by atoms with Crippen molar-refractivity contribution >= 4 is 33.8 Å². The molecule has 0 aliphatic heterocycles. The number of sulfone groups is 1. The quantitative estimate of drug-likeness (QED) is 0.738. The van der Waals surface area contributed by atoms with E-state index in [1.165, 1.54) is 0 Å². The molecule has 0 bridgehead atoms. The monoisotopic (exact) mass is 320 g/mol. The SMILES string of the molecule is CCS(=O)(=O)CCNC(=O)CCc1ccccc1N.Cl. The van der Waals surface area contributed by atoms with Crippen molar-refractivity contribution in [2.75, 3.05) is 23.8 Å². The number of para-hydroxylation sites is 1. The maximum absolute atomic E-state index is 11.6. The Bertz CT molecular complexity index is 532. The van der Waals surface area contributed by atoms with Gasteiger partial charge in [0, 0.05) is 24.4 Å². The molecule has 114 valence electrons. The van der Waals surface area contributed by atoms with Crippen LogP contribution in [0, 0.1) is 0 Å². The number of nitrogens with two attached hydrogens (primary N) is 1. The molecule has 1 amide bonds. The summed E-state index contributed by atoms with van der Waals surface area (Å²) < 4.78 is 22.5. The number of nitrogens with one attached hydrogen (secondary N) is 1. The molecule has 0 aliphatic rings. The van der Waals surface area contributed by atoms with Crippen LogP contribution in [-0.4, -0.2) is 32.4 Å². The molecule has 5 nitrogen and oxygen atoms in total. The highest BCUT2D eigenvalue weighted by atomic mass is 35.5. The fourth-order valence-corrected chi connectivity index (χ4v) is 2.29. The third kappa shape index (κ3) is 6.77. The second kappa shape index (κ2) is 8.81. The summed E-state index contributed by atoms with van der Waals surface area (Å²) in [6.45, 7) is 1.76. The Morgan fingerprint density at radius 1 is 1.30 bits per heavy atom. The Morgan fingerprint density at radius 2 is 1.95 bits per heavy atom. The van der Waals surface area contributed by atoms with Crippen LogP contribution in [0.5, 0.6) is 0 Å². The molecule has 1 aromatic carbocycles. The first-order valence-electron chi connectivity index (χ1n) is 6.25. The number of anilines is 1. The fourth-order valence-electron chi connectivity index (χ4n) is 1.59. The van der Waals surface area contributed by atoms with Gasteiger partial charge in [0.2, 0.25) is 5.91 Å². The molecule has 0 unspecified atom stereocenters. The molecule has 0 fully saturated rings. The smallest absolute Gasteiger partial charge is 0.220 e. The molecule has 0 saturated heterocycles. The van der Waals surface area contributed by atoms with E-state index >= 15 is 0 Å². The van der Waals surface area contributed by atoms with E-state index in [0.29, 0.717) is 18.5 Å². The van der Waals surface area contributed by atoms with E-state index in [2.05, 4.69) is 5.32 Å². The molecule has 0 spiro atoms. The largest absolute Gasteiger partial charge is 0.399 e. The number of benzene rings is 1. The lowest BCUT2D eigenvalue weighted by atomic mass is 10.1. The number of halogens is 1. The zero-order chi connectivity index (χ0) is 14.3. The van der Waals surface area contributed by atoms with Crippen LogP contribution in [0.15, 0.2) is 24.3 Å². The predicted molar refractivity (Wildman–Crippen MR) is 83.8 cm³/mol. The van der Waals surface area contributed by atoms with Crippen molar-refractivity contribution in [3.05, 3.63) is 29.8 Å². The number of nitrogen functional groups attached to an aromatic ring is 1. The van der Waals surface area contributed by atoms with Crippen LogP contribution in [0.4, 0.5) is 5.69 Å². The third-order valence-electron chi connectivity index (χ3n) is 2.85. The molecule has 1 rings (SSSR count). The molecular weight excluding hydrogens is 300 g/mol. The van der Waals surface area contributed by atoms with E-state index in [4.69, 9.17) is 5.73 Å². The van der Waals surface area contributed by atoms with Crippen LogP contribution in [0.25, 0.3) is 0 Å². The van der Waals surface area contributed by atoms with Gasteiger partial charge >= 0.3 is 0 Å². The number of carbonyl (C=O) groups is 1. The number of rotatable bonds is 7. The third-order valence-corrected chi connectivity index (χ3v) is 4.56. The Hall–Kier alpha value is -1.27. The van der Waals surface area contributed by atoms with Crippen molar-refractivity contribution in [2.24, 2.45) is 0 Å². The van der Waals surface area contributed by atoms with E-state index < -0.39 is 9.84 Å². The summed E-state index contributed by atoms with van der Waals surface area (Å²) in [7, 11) is -3.02. The maximum atomic E-state index is 11.6. The van der Waals surface area contributed by atoms with Gasteiger partial charge in [-0.1, -0.05) is 25.1 Å². The van der Waals surface area contributed by atoms with Crippen molar-refractivity contribution in [1.29, 1.82) is 0 Å². The van der Waals surface area contributed by atoms with Gasteiger partial charge in [-0.3, -0.25) is 4.79 Å². The van der Waals surface area contributed by atoms with Crippen molar-refractivity contribution in [3.63, 3.8) is 0 Å². The summed E-state index contributed by atoms with van der Waals surface area (Å²) in [5.74, 6) is -0.0684. The molecule has 0 radical (unpaired) electrons. The Kier molecular flexibility index (Phi) is 8.25. The molecule has 0 aliphatic carbocycles. The van der Waals surface area contributed by atoms with Crippen molar-refractivity contribution in [2.45, 2.75) is 19.8 Å². The van der Waals surface area contributed by atoms with Gasteiger partial charge in [-0.2, -0.15) is 0 Å². The van der Waals surface area contributed by atoms with Gasteiger partial charge in [-0.15, -0.1) is 12.4 Å². The van der Waals surface area contributed by atoms with E-state index in [0.717, 1.165) is 5.56 Å². The number of amides is 1. The number of carbonyl (C=O) groups excluding carboxylic acids is 1. The van der Waals surface area contributed by atoms with Crippen LogP contribution in [0.1, 0.15) is 18.9 Å². The van der Waals surface area contributed by atoms with Gasteiger partial charge in [-0.25, -0.2) is 8.42 Å². The summed E-state index contributed by atoms with van der Waals surface area (Å²) >= 11 is 0. The Balaban J connectivity index is 0.00000361. The van der Waals surface area contributed by atoms with Crippen molar-refractivity contribution in [3.8, 4) is 0 Å². The lowest BCUT2D eigenvalue weighted by molar-refractivity contribution is -0.120. The van der Waals surface area contributed by atoms with Gasteiger partial charge in [0.05, 0.1) is 5.75 Å². The summed E-state index contributed by atoms with van der Waals surface area (Å²) in [5, 5.41) is 2.60. The van der Waals surface area contributed by atoms with Crippen LogP contribution in [0.3, 0.4) is 0 Å². The zero-order valence-corrected chi connectivity index (χ0v) is 13.1. The zero-order valence-electron chi connectivity index (χ0n) is 11.5. The molecule has 7 heteroatoms. The summed E-state index contributed by atoms with van der Waals surface area (Å²) in [6, 6.07) is 7.39. The second-order valence-electron chi connectivity index (χ2n) is 4.29.